The second-order valence-corrected chi connectivity index (χ2v) is 5.98. The van der Waals surface area contributed by atoms with Crippen molar-refractivity contribution in [3.8, 4) is 0 Å². The van der Waals surface area contributed by atoms with E-state index in [1.807, 2.05) is 25.1 Å². The molecule has 0 fully saturated rings. The van der Waals surface area contributed by atoms with E-state index in [1.165, 1.54) is 11.6 Å². The normalized spacial score (nSPS) is 18.4. The number of ketones is 1. The topological polar surface area (TPSA) is 73.1 Å². The van der Waals surface area contributed by atoms with E-state index in [-0.39, 0.29) is 17.3 Å². The molecule has 23 heavy (non-hydrogen) atoms. The summed E-state index contributed by atoms with van der Waals surface area (Å²) in [5, 5.41) is 3.16. The van der Waals surface area contributed by atoms with Crippen molar-refractivity contribution in [3.63, 3.8) is 0 Å². The Morgan fingerprint density at radius 3 is 2.35 bits per heavy atom. The zero-order chi connectivity index (χ0) is 16.5. The van der Waals surface area contributed by atoms with Gasteiger partial charge in [0.25, 0.3) is 5.56 Å². The molecular formula is C17H15N3O3. The van der Waals surface area contributed by atoms with Crippen molar-refractivity contribution in [1.82, 2.24) is 9.13 Å². The molecule has 1 atom stereocenters. The van der Waals surface area contributed by atoms with Crippen LogP contribution in [0.1, 0.15) is 34.3 Å². The van der Waals surface area contributed by atoms with E-state index in [9.17, 15) is 14.4 Å². The molecule has 2 heterocycles. The van der Waals surface area contributed by atoms with Crippen molar-refractivity contribution in [1.29, 1.82) is 0 Å². The lowest BCUT2D eigenvalue weighted by molar-refractivity contribution is 0.103. The zero-order valence-corrected chi connectivity index (χ0v) is 13.0. The summed E-state index contributed by atoms with van der Waals surface area (Å²) in [6.07, 6.45) is 0. The molecule has 2 aromatic rings. The van der Waals surface area contributed by atoms with Crippen molar-refractivity contribution in [2.75, 3.05) is 5.32 Å². The standard InChI is InChI=1S/C17H15N3O3/c1-8-11-13(9-6-4-5-7-10(9)14(11)21)18-15-12(8)16(22)20(3)17(23)19(15)2/h4-8,18H,1-3H3. The van der Waals surface area contributed by atoms with Gasteiger partial charge in [-0.2, -0.15) is 0 Å². The van der Waals surface area contributed by atoms with Gasteiger partial charge in [-0.3, -0.25) is 18.7 Å². The van der Waals surface area contributed by atoms with Gasteiger partial charge in [0.15, 0.2) is 5.78 Å². The highest BCUT2D eigenvalue weighted by molar-refractivity contribution is 6.23. The minimum atomic E-state index is -0.393. The third-order valence-corrected chi connectivity index (χ3v) is 4.76. The molecule has 1 N–H and O–H groups in total. The van der Waals surface area contributed by atoms with Crippen LogP contribution < -0.4 is 16.6 Å². The first-order chi connectivity index (χ1) is 10.9. The Bertz CT molecular complexity index is 1040. The molecule has 1 unspecified atom stereocenters. The van der Waals surface area contributed by atoms with Crippen LogP contribution in [0.15, 0.2) is 39.4 Å². The number of allylic oxidation sites excluding steroid dienone is 1. The summed E-state index contributed by atoms with van der Waals surface area (Å²) in [5.74, 6) is 0.0395. The summed E-state index contributed by atoms with van der Waals surface area (Å²) in [6.45, 7) is 1.84. The first-order valence-corrected chi connectivity index (χ1v) is 7.38. The molecule has 6 heteroatoms. The number of rotatable bonds is 0. The van der Waals surface area contributed by atoms with E-state index < -0.39 is 5.69 Å². The number of hydrogen-bond donors (Lipinski definition) is 1. The predicted molar refractivity (Wildman–Crippen MR) is 86.7 cm³/mol. The molecule has 0 saturated heterocycles. The Morgan fingerprint density at radius 2 is 1.65 bits per heavy atom. The van der Waals surface area contributed by atoms with Crippen molar-refractivity contribution < 1.29 is 4.79 Å². The Labute approximate surface area is 131 Å². The Morgan fingerprint density at radius 1 is 1.00 bits per heavy atom. The molecule has 116 valence electrons. The molecule has 4 rings (SSSR count). The van der Waals surface area contributed by atoms with Crippen molar-refractivity contribution >= 4 is 17.3 Å². The maximum absolute atomic E-state index is 12.7. The van der Waals surface area contributed by atoms with Crippen LogP contribution in [0.2, 0.25) is 0 Å². The second-order valence-electron chi connectivity index (χ2n) is 5.98. The number of nitrogens with zero attached hydrogens (tertiary/aromatic N) is 2. The van der Waals surface area contributed by atoms with Crippen LogP contribution >= 0.6 is 0 Å². The summed E-state index contributed by atoms with van der Waals surface area (Å²) >= 11 is 0. The van der Waals surface area contributed by atoms with Gasteiger partial charge in [0, 0.05) is 36.7 Å². The molecule has 1 aliphatic heterocycles. The highest BCUT2D eigenvalue weighted by Gasteiger charge is 2.39. The number of nitrogens with one attached hydrogen (secondary N) is 1. The van der Waals surface area contributed by atoms with Gasteiger partial charge < -0.3 is 5.32 Å². The summed E-state index contributed by atoms with van der Waals surface area (Å²) < 4.78 is 2.50. The van der Waals surface area contributed by atoms with Crippen molar-refractivity contribution in [3.05, 3.63) is 67.4 Å². The van der Waals surface area contributed by atoms with Gasteiger partial charge in [-0.25, -0.2) is 4.79 Å². The lowest BCUT2D eigenvalue weighted by Crippen LogP contribution is -2.42. The highest BCUT2D eigenvalue weighted by Crippen LogP contribution is 2.44. The van der Waals surface area contributed by atoms with Gasteiger partial charge in [0.1, 0.15) is 5.82 Å². The SMILES string of the molecule is CC1C2=C(Nc3c1c(=O)n(C)c(=O)n3C)c1ccccc1C2=O. The van der Waals surface area contributed by atoms with Crippen LogP contribution in [0.5, 0.6) is 0 Å². The molecule has 0 spiro atoms. The molecule has 0 bridgehead atoms. The number of aromatic nitrogens is 2. The number of anilines is 1. The van der Waals surface area contributed by atoms with Crippen LogP contribution in [0.4, 0.5) is 5.82 Å². The number of benzene rings is 1. The van der Waals surface area contributed by atoms with Crippen molar-refractivity contribution in [2.45, 2.75) is 12.8 Å². The van der Waals surface area contributed by atoms with Gasteiger partial charge in [-0.15, -0.1) is 0 Å². The van der Waals surface area contributed by atoms with Crippen LogP contribution in [0, 0.1) is 0 Å². The van der Waals surface area contributed by atoms with E-state index in [1.54, 1.807) is 13.1 Å². The van der Waals surface area contributed by atoms with Gasteiger partial charge in [-0.05, 0) is 0 Å². The number of carbonyl (C=O) groups is 1. The molecular weight excluding hydrogens is 294 g/mol. The number of fused-ring (bicyclic) bond motifs is 3. The zero-order valence-electron chi connectivity index (χ0n) is 13.0. The summed E-state index contributed by atoms with van der Waals surface area (Å²) in [5.41, 5.74) is 2.44. The molecule has 0 saturated carbocycles. The number of carbonyl (C=O) groups excluding carboxylic acids is 1. The van der Waals surface area contributed by atoms with E-state index in [0.717, 1.165) is 10.1 Å². The fraction of sp³-hybridized carbons (Fsp3) is 0.235. The predicted octanol–water partition coefficient (Wildman–Crippen LogP) is 1.22. The van der Waals surface area contributed by atoms with Gasteiger partial charge in [0.2, 0.25) is 0 Å². The molecule has 6 nitrogen and oxygen atoms in total. The Hall–Kier alpha value is -2.89. The highest BCUT2D eigenvalue weighted by atomic mass is 16.2. The largest absolute Gasteiger partial charge is 0.340 e. The van der Waals surface area contributed by atoms with Gasteiger partial charge >= 0.3 is 5.69 Å². The molecule has 1 aromatic carbocycles. The number of hydrogen-bond acceptors (Lipinski definition) is 4. The lowest BCUT2D eigenvalue weighted by atomic mass is 9.88. The van der Waals surface area contributed by atoms with Crippen LogP contribution in [0.25, 0.3) is 5.70 Å². The van der Waals surface area contributed by atoms with Crippen molar-refractivity contribution in [2.24, 2.45) is 14.1 Å². The fourth-order valence-electron chi connectivity index (χ4n) is 3.53. The lowest BCUT2D eigenvalue weighted by Gasteiger charge is -2.27. The molecule has 0 amide bonds. The summed E-state index contributed by atoms with van der Waals surface area (Å²) in [4.78, 5) is 37.4. The third-order valence-electron chi connectivity index (χ3n) is 4.76. The third kappa shape index (κ3) is 1.55. The average Bonchev–Trinajstić information content (AvgIpc) is 2.84. The Balaban J connectivity index is 2.05. The monoisotopic (exact) mass is 309 g/mol. The molecule has 0 radical (unpaired) electrons. The summed E-state index contributed by atoms with van der Waals surface area (Å²) in [6, 6.07) is 7.35. The summed E-state index contributed by atoms with van der Waals surface area (Å²) in [7, 11) is 3.07. The second kappa shape index (κ2) is 4.32. The maximum atomic E-state index is 12.7. The fourth-order valence-corrected chi connectivity index (χ4v) is 3.53. The van der Waals surface area contributed by atoms with Crippen LogP contribution in [-0.2, 0) is 14.1 Å². The maximum Gasteiger partial charge on any atom is 0.332 e. The molecule has 1 aromatic heterocycles. The number of Topliss-reactive ketones (excluding diaryl/α,β-unsaturated/α-hetero) is 1. The Kier molecular flexibility index (Phi) is 2.58. The van der Waals surface area contributed by atoms with Gasteiger partial charge in [0.05, 0.1) is 11.3 Å². The first kappa shape index (κ1) is 13.8. The minimum Gasteiger partial charge on any atom is -0.340 e. The molecule has 1 aliphatic carbocycles. The van der Waals surface area contributed by atoms with Crippen LogP contribution in [0.3, 0.4) is 0 Å². The van der Waals surface area contributed by atoms with E-state index in [4.69, 9.17) is 0 Å². The van der Waals surface area contributed by atoms with Crippen LogP contribution in [-0.4, -0.2) is 14.9 Å². The smallest absolute Gasteiger partial charge is 0.332 e. The molecule has 2 aliphatic rings. The minimum absolute atomic E-state index is 0.0582. The van der Waals surface area contributed by atoms with Gasteiger partial charge in [-0.1, -0.05) is 31.2 Å². The van der Waals surface area contributed by atoms with E-state index >= 15 is 0 Å². The quantitative estimate of drug-likeness (QED) is 0.794. The van der Waals surface area contributed by atoms with E-state index in [0.29, 0.717) is 28.2 Å². The average molecular weight is 309 g/mol. The first-order valence-electron chi connectivity index (χ1n) is 7.38. The van der Waals surface area contributed by atoms with E-state index in [2.05, 4.69) is 5.32 Å².